The summed E-state index contributed by atoms with van der Waals surface area (Å²) in [7, 11) is 0. The summed E-state index contributed by atoms with van der Waals surface area (Å²) in [6, 6.07) is 0. The lowest BCUT2D eigenvalue weighted by atomic mass is 10.1. The van der Waals surface area contributed by atoms with E-state index in [1.54, 1.807) is 11.8 Å². The molecule has 1 amide bonds. The number of rotatable bonds is 4. The zero-order valence-electron chi connectivity index (χ0n) is 9.12. The van der Waals surface area contributed by atoms with Crippen molar-refractivity contribution in [3.05, 3.63) is 0 Å². The number of carbonyl (C=O) groups is 2. The molecule has 1 aromatic heterocycles. The van der Waals surface area contributed by atoms with E-state index in [9.17, 15) is 9.59 Å². The first-order valence-electron chi connectivity index (χ1n) is 5.11. The fourth-order valence-corrected chi connectivity index (χ4v) is 3.32. The number of anilines is 1. The highest BCUT2D eigenvalue weighted by Gasteiger charge is 2.36. The number of amides is 1. The number of carboxylic acids is 1. The van der Waals surface area contributed by atoms with Gasteiger partial charge in [-0.3, -0.25) is 14.5 Å². The maximum Gasteiger partial charge on any atom is 0.308 e. The van der Waals surface area contributed by atoms with Crippen molar-refractivity contribution in [1.29, 1.82) is 0 Å². The Morgan fingerprint density at radius 1 is 1.65 bits per heavy atom. The molecule has 2 rings (SSSR count). The molecule has 1 N–H and O–H groups in total. The molecule has 0 aromatic carbocycles. The molecule has 92 valence electrons. The molecular weight excluding hydrogens is 262 g/mol. The molecule has 0 bridgehead atoms. The van der Waals surface area contributed by atoms with Gasteiger partial charge >= 0.3 is 5.97 Å². The SMILES string of the molecule is CCSc1nnc(N2CC(C(=O)O)CC2=O)s1. The Morgan fingerprint density at radius 3 is 3.00 bits per heavy atom. The van der Waals surface area contributed by atoms with Crippen LogP contribution in [0.1, 0.15) is 13.3 Å². The second kappa shape index (κ2) is 5.01. The fraction of sp³-hybridized carbons (Fsp3) is 0.556. The van der Waals surface area contributed by atoms with Crippen LogP contribution in [-0.4, -0.2) is 39.5 Å². The molecule has 0 saturated carbocycles. The number of hydrogen-bond donors (Lipinski definition) is 1. The van der Waals surface area contributed by atoms with Crippen molar-refractivity contribution in [3.63, 3.8) is 0 Å². The minimum absolute atomic E-state index is 0.0468. The molecule has 8 heteroatoms. The largest absolute Gasteiger partial charge is 0.481 e. The van der Waals surface area contributed by atoms with Crippen LogP contribution in [0, 0.1) is 5.92 Å². The maximum atomic E-state index is 11.7. The van der Waals surface area contributed by atoms with Gasteiger partial charge < -0.3 is 5.11 Å². The molecule has 6 nitrogen and oxygen atoms in total. The first-order chi connectivity index (χ1) is 8.11. The molecule has 17 heavy (non-hydrogen) atoms. The highest BCUT2D eigenvalue weighted by Crippen LogP contribution is 2.31. The van der Waals surface area contributed by atoms with Gasteiger partial charge in [-0.1, -0.05) is 30.0 Å². The topological polar surface area (TPSA) is 83.4 Å². The Kier molecular flexibility index (Phi) is 3.63. The van der Waals surface area contributed by atoms with Crippen LogP contribution in [0.3, 0.4) is 0 Å². The smallest absolute Gasteiger partial charge is 0.308 e. The minimum Gasteiger partial charge on any atom is -0.481 e. The van der Waals surface area contributed by atoms with Crippen molar-refractivity contribution in [2.24, 2.45) is 5.92 Å². The predicted molar refractivity (Wildman–Crippen MR) is 64.4 cm³/mol. The standard InChI is InChI=1S/C9H11N3O3S2/c1-2-16-9-11-10-8(17-9)12-4-5(7(14)15)3-6(12)13/h5H,2-4H2,1H3,(H,14,15). The molecule has 1 aliphatic rings. The molecule has 0 spiro atoms. The maximum absolute atomic E-state index is 11.7. The minimum atomic E-state index is -0.937. The third-order valence-electron chi connectivity index (χ3n) is 2.37. The lowest BCUT2D eigenvalue weighted by Gasteiger charge is -2.10. The molecular formula is C9H11N3O3S2. The molecule has 1 saturated heterocycles. The van der Waals surface area contributed by atoms with Gasteiger partial charge in [0.05, 0.1) is 5.92 Å². The summed E-state index contributed by atoms with van der Waals surface area (Å²) in [6.07, 6.45) is 0.0468. The highest BCUT2D eigenvalue weighted by molar-refractivity contribution is 8.01. The van der Waals surface area contributed by atoms with Gasteiger partial charge in [-0.2, -0.15) is 0 Å². The van der Waals surface area contributed by atoms with Crippen LogP contribution < -0.4 is 4.90 Å². The zero-order chi connectivity index (χ0) is 12.4. The summed E-state index contributed by atoms with van der Waals surface area (Å²) in [5.41, 5.74) is 0. The van der Waals surface area contributed by atoms with E-state index < -0.39 is 11.9 Å². The Balaban J connectivity index is 2.11. The summed E-state index contributed by atoms with van der Waals surface area (Å²) in [5.74, 6) is -0.871. The van der Waals surface area contributed by atoms with E-state index in [-0.39, 0.29) is 18.9 Å². The molecule has 0 aliphatic carbocycles. The van der Waals surface area contributed by atoms with Crippen LogP contribution in [0.25, 0.3) is 0 Å². The van der Waals surface area contributed by atoms with E-state index in [0.717, 1.165) is 10.1 Å². The Morgan fingerprint density at radius 2 is 2.41 bits per heavy atom. The molecule has 2 heterocycles. The van der Waals surface area contributed by atoms with Gasteiger partial charge in [0.25, 0.3) is 0 Å². The normalized spacial score (nSPS) is 19.9. The third kappa shape index (κ3) is 2.58. The van der Waals surface area contributed by atoms with Crippen molar-refractivity contribution < 1.29 is 14.7 Å². The average Bonchev–Trinajstić information content (AvgIpc) is 2.85. The Hall–Kier alpha value is -1.15. The summed E-state index contributed by atoms with van der Waals surface area (Å²) >= 11 is 2.88. The summed E-state index contributed by atoms with van der Waals surface area (Å²) < 4.78 is 0.800. The second-order valence-electron chi connectivity index (χ2n) is 3.53. The van der Waals surface area contributed by atoms with Crippen LogP contribution in [0.5, 0.6) is 0 Å². The third-order valence-corrected chi connectivity index (χ3v) is 4.33. The molecule has 1 fully saturated rings. The van der Waals surface area contributed by atoms with Crippen LogP contribution >= 0.6 is 23.1 Å². The van der Waals surface area contributed by atoms with Gasteiger partial charge in [0.2, 0.25) is 11.0 Å². The number of carbonyl (C=O) groups excluding carboxylic acids is 1. The number of aromatic nitrogens is 2. The molecule has 1 aliphatic heterocycles. The monoisotopic (exact) mass is 273 g/mol. The van der Waals surface area contributed by atoms with Crippen molar-refractivity contribution in [2.75, 3.05) is 17.2 Å². The van der Waals surface area contributed by atoms with E-state index >= 15 is 0 Å². The lowest BCUT2D eigenvalue weighted by Crippen LogP contribution is -2.25. The fourth-order valence-electron chi connectivity index (χ4n) is 1.55. The van der Waals surface area contributed by atoms with Crippen molar-refractivity contribution in [3.8, 4) is 0 Å². The molecule has 1 aromatic rings. The van der Waals surface area contributed by atoms with Gasteiger partial charge in [0.1, 0.15) is 0 Å². The quantitative estimate of drug-likeness (QED) is 0.653. The van der Waals surface area contributed by atoms with Crippen molar-refractivity contribution in [1.82, 2.24) is 10.2 Å². The number of carboxylic acid groups (broad SMARTS) is 1. The first-order valence-corrected chi connectivity index (χ1v) is 6.91. The number of aliphatic carboxylic acids is 1. The van der Waals surface area contributed by atoms with E-state index in [1.807, 2.05) is 6.92 Å². The summed E-state index contributed by atoms with van der Waals surface area (Å²) in [4.78, 5) is 23.9. The van der Waals surface area contributed by atoms with Crippen LogP contribution in [0.2, 0.25) is 0 Å². The first kappa shape index (κ1) is 12.3. The van der Waals surface area contributed by atoms with Crippen molar-refractivity contribution in [2.45, 2.75) is 17.7 Å². The lowest BCUT2D eigenvalue weighted by molar-refractivity contribution is -0.141. The van der Waals surface area contributed by atoms with Gasteiger partial charge in [0, 0.05) is 13.0 Å². The molecule has 0 radical (unpaired) electrons. The van der Waals surface area contributed by atoms with Crippen LogP contribution in [0.4, 0.5) is 5.13 Å². The Labute approximate surface area is 106 Å². The van der Waals surface area contributed by atoms with E-state index in [4.69, 9.17) is 5.11 Å². The number of hydrogen-bond acceptors (Lipinski definition) is 6. The van der Waals surface area contributed by atoms with E-state index in [2.05, 4.69) is 10.2 Å². The Bertz CT molecular complexity index is 448. The van der Waals surface area contributed by atoms with Gasteiger partial charge in [-0.25, -0.2) is 0 Å². The number of nitrogens with zero attached hydrogens (tertiary/aromatic N) is 3. The van der Waals surface area contributed by atoms with Crippen LogP contribution in [0.15, 0.2) is 4.34 Å². The van der Waals surface area contributed by atoms with E-state index in [0.29, 0.717) is 5.13 Å². The average molecular weight is 273 g/mol. The number of thioether (sulfide) groups is 1. The zero-order valence-corrected chi connectivity index (χ0v) is 10.8. The summed E-state index contributed by atoms with van der Waals surface area (Å²) in [6.45, 7) is 2.20. The van der Waals surface area contributed by atoms with Crippen molar-refractivity contribution >= 4 is 40.1 Å². The van der Waals surface area contributed by atoms with Gasteiger partial charge in [-0.15, -0.1) is 10.2 Å². The van der Waals surface area contributed by atoms with E-state index in [1.165, 1.54) is 16.2 Å². The summed E-state index contributed by atoms with van der Waals surface area (Å²) in [5, 5.41) is 17.2. The van der Waals surface area contributed by atoms with Crippen LogP contribution in [-0.2, 0) is 9.59 Å². The predicted octanol–water partition coefficient (Wildman–Crippen LogP) is 1.09. The van der Waals surface area contributed by atoms with Gasteiger partial charge in [-0.05, 0) is 5.75 Å². The molecule has 1 atom stereocenters. The second-order valence-corrected chi connectivity index (χ2v) is 5.99. The highest BCUT2D eigenvalue weighted by atomic mass is 32.2. The van der Waals surface area contributed by atoms with Gasteiger partial charge in [0.15, 0.2) is 4.34 Å². The molecule has 1 unspecified atom stereocenters.